The van der Waals surface area contributed by atoms with E-state index in [9.17, 15) is 8.42 Å². The van der Waals surface area contributed by atoms with Gasteiger partial charge in [-0.25, -0.2) is 12.4 Å². The molecule has 3 aromatic rings. The van der Waals surface area contributed by atoms with Crippen LogP contribution in [0.3, 0.4) is 0 Å². The summed E-state index contributed by atoms with van der Waals surface area (Å²) < 4.78 is 27.3. The summed E-state index contributed by atoms with van der Waals surface area (Å²) in [6.07, 6.45) is 4.50. The van der Waals surface area contributed by atoms with E-state index in [2.05, 4.69) is 4.98 Å². The quantitative estimate of drug-likeness (QED) is 0.786. The van der Waals surface area contributed by atoms with Gasteiger partial charge in [-0.3, -0.25) is 4.98 Å². The lowest BCUT2D eigenvalue weighted by Crippen LogP contribution is -2.13. The predicted octanol–water partition coefficient (Wildman–Crippen LogP) is 3.18. The van der Waals surface area contributed by atoms with E-state index in [-0.39, 0.29) is 10.9 Å². The molecular weight excluding hydrogens is 330 g/mol. The lowest BCUT2D eigenvalue weighted by atomic mass is 10.1. The van der Waals surface area contributed by atoms with Crippen LogP contribution in [0.25, 0.3) is 11.3 Å². The summed E-state index contributed by atoms with van der Waals surface area (Å²) in [4.78, 5) is 4.07. The second-order valence-electron chi connectivity index (χ2n) is 5.41. The number of hydrogen-bond acceptors (Lipinski definition) is 5. The van der Waals surface area contributed by atoms with Crippen LogP contribution in [0, 0.1) is 6.92 Å². The van der Waals surface area contributed by atoms with Crippen molar-refractivity contribution in [1.29, 1.82) is 0 Å². The molecule has 0 aliphatic carbocycles. The van der Waals surface area contributed by atoms with Crippen LogP contribution < -0.4 is 5.73 Å². The molecule has 0 saturated heterocycles. The minimum atomic E-state index is -3.72. The van der Waals surface area contributed by atoms with Crippen molar-refractivity contribution in [3.05, 3.63) is 58.7 Å². The minimum Gasteiger partial charge on any atom is -0.324 e. The van der Waals surface area contributed by atoms with Gasteiger partial charge in [0.1, 0.15) is 4.90 Å². The molecule has 120 valence electrons. The van der Waals surface area contributed by atoms with Crippen molar-refractivity contribution in [2.75, 3.05) is 0 Å². The molecular formula is C16H17N3O2S2. The molecule has 0 amide bonds. The molecule has 3 aromatic heterocycles. The zero-order valence-corrected chi connectivity index (χ0v) is 14.4. The van der Waals surface area contributed by atoms with Gasteiger partial charge in [0.25, 0.3) is 10.0 Å². The Morgan fingerprint density at radius 2 is 2.13 bits per heavy atom. The third-order valence-corrected chi connectivity index (χ3v) is 6.17. The highest BCUT2D eigenvalue weighted by molar-refractivity contribution is 7.90. The molecule has 3 heterocycles. The Kier molecular flexibility index (Phi) is 4.09. The fourth-order valence-corrected chi connectivity index (χ4v) is 4.53. The third kappa shape index (κ3) is 2.83. The van der Waals surface area contributed by atoms with Gasteiger partial charge in [-0.15, -0.1) is 0 Å². The van der Waals surface area contributed by atoms with E-state index < -0.39 is 10.0 Å². The molecule has 7 heteroatoms. The predicted molar refractivity (Wildman–Crippen MR) is 91.9 cm³/mol. The molecule has 0 fully saturated rings. The molecule has 0 radical (unpaired) electrons. The number of nitrogens with two attached hydrogens (primary N) is 1. The van der Waals surface area contributed by atoms with Crippen molar-refractivity contribution in [2.45, 2.75) is 24.8 Å². The van der Waals surface area contributed by atoms with Crippen molar-refractivity contribution in [2.24, 2.45) is 5.73 Å². The molecule has 1 atom stereocenters. The van der Waals surface area contributed by atoms with Crippen LogP contribution in [0.5, 0.6) is 0 Å². The van der Waals surface area contributed by atoms with Crippen LogP contribution in [0.2, 0.25) is 0 Å². The maximum atomic E-state index is 13.0. The number of pyridine rings is 1. The van der Waals surface area contributed by atoms with Crippen molar-refractivity contribution in [1.82, 2.24) is 8.96 Å². The molecule has 3 rings (SSSR count). The summed E-state index contributed by atoms with van der Waals surface area (Å²) in [7, 11) is -3.72. The van der Waals surface area contributed by atoms with Gasteiger partial charge in [0.15, 0.2) is 0 Å². The monoisotopic (exact) mass is 347 g/mol. The van der Waals surface area contributed by atoms with E-state index in [1.807, 2.05) is 30.7 Å². The highest BCUT2D eigenvalue weighted by Gasteiger charge is 2.23. The van der Waals surface area contributed by atoms with Gasteiger partial charge in [0, 0.05) is 35.6 Å². The molecule has 1 unspecified atom stereocenters. The molecule has 5 nitrogen and oxygen atoms in total. The minimum absolute atomic E-state index is 0.154. The zero-order valence-electron chi connectivity index (χ0n) is 12.8. The summed E-state index contributed by atoms with van der Waals surface area (Å²) in [6, 6.07) is 4.74. The topological polar surface area (TPSA) is 78.0 Å². The Bertz CT molecular complexity index is 925. The number of nitrogens with zero attached hydrogens (tertiary/aromatic N) is 2. The van der Waals surface area contributed by atoms with Gasteiger partial charge >= 0.3 is 0 Å². The van der Waals surface area contributed by atoms with Crippen LogP contribution in [-0.2, 0) is 10.0 Å². The number of aromatic nitrogens is 2. The first-order chi connectivity index (χ1) is 10.9. The molecule has 0 spiro atoms. The Balaban J connectivity index is 2.25. The fraction of sp³-hybridized carbons (Fsp3) is 0.188. The van der Waals surface area contributed by atoms with Crippen LogP contribution in [0.4, 0.5) is 0 Å². The Morgan fingerprint density at radius 3 is 2.70 bits per heavy atom. The first kappa shape index (κ1) is 15.9. The van der Waals surface area contributed by atoms with Gasteiger partial charge in [-0.05, 0) is 48.6 Å². The van der Waals surface area contributed by atoms with E-state index in [1.165, 1.54) is 16.2 Å². The highest BCUT2D eigenvalue weighted by atomic mass is 32.2. The van der Waals surface area contributed by atoms with E-state index in [4.69, 9.17) is 5.73 Å². The van der Waals surface area contributed by atoms with Crippen molar-refractivity contribution < 1.29 is 8.42 Å². The van der Waals surface area contributed by atoms with E-state index >= 15 is 0 Å². The number of thiophene rings is 1. The SMILES string of the molecule is Cc1cscc1-c1cc(C(C)N)cn1S(=O)(=O)c1cccnc1. The van der Waals surface area contributed by atoms with Gasteiger partial charge in [0.05, 0.1) is 5.69 Å². The molecule has 0 aliphatic heterocycles. The number of aryl methyl sites for hydroxylation is 1. The van der Waals surface area contributed by atoms with Crippen molar-refractivity contribution in [3.63, 3.8) is 0 Å². The van der Waals surface area contributed by atoms with Gasteiger partial charge in [0.2, 0.25) is 0 Å². The Hall–Kier alpha value is -1.96. The fourth-order valence-electron chi connectivity index (χ4n) is 2.34. The molecule has 0 bridgehead atoms. The summed E-state index contributed by atoms with van der Waals surface area (Å²) in [5.74, 6) is 0. The van der Waals surface area contributed by atoms with Crippen LogP contribution in [-0.4, -0.2) is 17.4 Å². The Labute approximate surface area is 139 Å². The average Bonchev–Trinajstić information content (AvgIpc) is 3.14. The normalized spacial score (nSPS) is 13.2. The first-order valence-electron chi connectivity index (χ1n) is 7.08. The second kappa shape index (κ2) is 5.92. The Morgan fingerprint density at radius 1 is 1.35 bits per heavy atom. The largest absolute Gasteiger partial charge is 0.324 e. The maximum absolute atomic E-state index is 13.0. The lowest BCUT2D eigenvalue weighted by Gasteiger charge is -2.10. The standard InChI is InChI=1S/C16H17N3O2S2/c1-11-9-22-10-15(11)16-6-13(12(2)17)8-19(16)23(20,21)14-4-3-5-18-7-14/h3-10,12H,17H2,1-2H3. The second-order valence-corrected chi connectivity index (χ2v) is 7.96. The molecule has 0 saturated carbocycles. The summed E-state index contributed by atoms with van der Waals surface area (Å²) in [5, 5.41) is 3.94. The average molecular weight is 347 g/mol. The molecule has 0 aromatic carbocycles. The highest BCUT2D eigenvalue weighted by Crippen LogP contribution is 2.32. The summed E-state index contributed by atoms with van der Waals surface area (Å²) in [6.45, 7) is 3.80. The van der Waals surface area contributed by atoms with E-state index in [0.717, 1.165) is 16.7 Å². The van der Waals surface area contributed by atoms with E-state index in [0.29, 0.717) is 5.69 Å². The summed E-state index contributed by atoms with van der Waals surface area (Å²) >= 11 is 1.54. The van der Waals surface area contributed by atoms with Crippen molar-refractivity contribution >= 4 is 21.4 Å². The number of hydrogen-bond donors (Lipinski definition) is 1. The molecule has 2 N–H and O–H groups in total. The number of rotatable bonds is 4. The smallest absolute Gasteiger partial charge is 0.269 e. The first-order valence-corrected chi connectivity index (χ1v) is 9.46. The van der Waals surface area contributed by atoms with Gasteiger partial charge < -0.3 is 5.73 Å². The third-order valence-electron chi connectivity index (χ3n) is 3.66. The van der Waals surface area contributed by atoms with E-state index in [1.54, 1.807) is 29.8 Å². The van der Waals surface area contributed by atoms with Crippen LogP contribution >= 0.6 is 11.3 Å². The van der Waals surface area contributed by atoms with Crippen LogP contribution in [0.1, 0.15) is 24.1 Å². The maximum Gasteiger partial charge on any atom is 0.269 e. The van der Waals surface area contributed by atoms with Crippen molar-refractivity contribution in [3.8, 4) is 11.3 Å². The summed E-state index contributed by atoms with van der Waals surface area (Å²) in [5.41, 5.74) is 9.28. The molecule has 23 heavy (non-hydrogen) atoms. The van der Waals surface area contributed by atoms with Crippen LogP contribution in [0.15, 0.2) is 52.4 Å². The molecule has 0 aliphatic rings. The van der Waals surface area contributed by atoms with Gasteiger partial charge in [-0.1, -0.05) is 0 Å². The van der Waals surface area contributed by atoms with Gasteiger partial charge in [-0.2, -0.15) is 11.3 Å². The lowest BCUT2D eigenvalue weighted by molar-refractivity contribution is 0.587. The zero-order chi connectivity index (χ0) is 16.6.